The fourth-order valence-corrected chi connectivity index (χ4v) is 1.51. The Hall–Kier alpha value is -2.04. The van der Waals surface area contributed by atoms with Crippen LogP contribution >= 0.6 is 0 Å². The zero-order chi connectivity index (χ0) is 13.5. The summed E-state index contributed by atoms with van der Waals surface area (Å²) in [6.07, 6.45) is 0.741. The summed E-state index contributed by atoms with van der Waals surface area (Å²) in [5.41, 5.74) is 0.827. The van der Waals surface area contributed by atoms with Crippen LogP contribution in [0.2, 0.25) is 0 Å². The van der Waals surface area contributed by atoms with E-state index in [2.05, 4.69) is 5.32 Å². The number of nitrogens with one attached hydrogen (secondary N) is 1. The minimum Gasteiger partial charge on any atom is -0.491 e. The second-order valence-electron chi connectivity index (χ2n) is 4.19. The predicted molar refractivity (Wildman–Crippen MR) is 66.5 cm³/mol. The van der Waals surface area contributed by atoms with Crippen LogP contribution in [0.15, 0.2) is 24.3 Å². The maximum atomic E-state index is 10.9. The maximum Gasteiger partial charge on any atom is 0.326 e. The average molecular weight is 251 g/mol. The molecule has 0 spiro atoms. The molecule has 5 nitrogen and oxygen atoms in total. The van der Waals surface area contributed by atoms with Crippen LogP contribution in [0.25, 0.3) is 0 Å². The zero-order valence-corrected chi connectivity index (χ0v) is 10.4. The van der Waals surface area contributed by atoms with Gasteiger partial charge in [0.2, 0.25) is 6.41 Å². The summed E-state index contributed by atoms with van der Waals surface area (Å²) in [7, 11) is 0. The SMILES string of the molecule is CC(C)Oc1ccc(CC(NC=O)C(=O)O)cc1. The van der Waals surface area contributed by atoms with Gasteiger partial charge in [-0.05, 0) is 31.5 Å². The molecule has 0 aliphatic rings. The van der Waals surface area contributed by atoms with E-state index in [1.165, 1.54) is 0 Å². The molecule has 0 aliphatic carbocycles. The van der Waals surface area contributed by atoms with Crippen molar-refractivity contribution in [2.24, 2.45) is 0 Å². The molecule has 1 aromatic rings. The van der Waals surface area contributed by atoms with E-state index < -0.39 is 12.0 Å². The van der Waals surface area contributed by atoms with Gasteiger partial charge in [-0.15, -0.1) is 0 Å². The van der Waals surface area contributed by atoms with E-state index in [-0.39, 0.29) is 12.5 Å². The van der Waals surface area contributed by atoms with Gasteiger partial charge in [-0.1, -0.05) is 12.1 Å². The smallest absolute Gasteiger partial charge is 0.326 e. The Labute approximate surface area is 106 Å². The first-order chi connectivity index (χ1) is 8.52. The molecule has 0 aliphatic heterocycles. The largest absolute Gasteiger partial charge is 0.491 e. The van der Waals surface area contributed by atoms with E-state index >= 15 is 0 Å². The number of benzene rings is 1. The van der Waals surface area contributed by atoms with Crippen LogP contribution in [-0.4, -0.2) is 29.6 Å². The van der Waals surface area contributed by atoms with Crippen LogP contribution in [0.4, 0.5) is 0 Å². The summed E-state index contributed by atoms with van der Waals surface area (Å²) in [6.45, 7) is 3.87. The fourth-order valence-electron chi connectivity index (χ4n) is 1.51. The number of carbonyl (C=O) groups excluding carboxylic acids is 1. The molecule has 98 valence electrons. The molecule has 18 heavy (non-hydrogen) atoms. The molecular weight excluding hydrogens is 234 g/mol. The van der Waals surface area contributed by atoms with Crippen LogP contribution < -0.4 is 10.1 Å². The molecule has 1 unspecified atom stereocenters. The average Bonchev–Trinajstić information content (AvgIpc) is 2.30. The minimum absolute atomic E-state index is 0.0966. The highest BCUT2D eigenvalue weighted by molar-refractivity contribution is 5.76. The lowest BCUT2D eigenvalue weighted by molar-refractivity contribution is -0.140. The van der Waals surface area contributed by atoms with E-state index in [1.54, 1.807) is 24.3 Å². The molecular formula is C13H17NO4. The summed E-state index contributed by atoms with van der Waals surface area (Å²) >= 11 is 0. The molecule has 5 heteroatoms. The van der Waals surface area contributed by atoms with Crippen LogP contribution in [0.3, 0.4) is 0 Å². The van der Waals surface area contributed by atoms with Gasteiger partial charge in [-0.25, -0.2) is 4.79 Å². The van der Waals surface area contributed by atoms with Crippen molar-refractivity contribution in [3.05, 3.63) is 29.8 Å². The van der Waals surface area contributed by atoms with Crippen molar-refractivity contribution >= 4 is 12.4 Å². The summed E-state index contributed by atoms with van der Waals surface area (Å²) < 4.78 is 5.48. The summed E-state index contributed by atoms with van der Waals surface area (Å²) in [4.78, 5) is 21.2. The van der Waals surface area contributed by atoms with Gasteiger partial charge in [-0.3, -0.25) is 4.79 Å². The summed E-state index contributed by atoms with van der Waals surface area (Å²) in [6, 6.07) is 6.25. The van der Waals surface area contributed by atoms with Gasteiger partial charge in [0.1, 0.15) is 11.8 Å². The molecule has 1 atom stereocenters. The van der Waals surface area contributed by atoms with E-state index in [1.807, 2.05) is 13.8 Å². The van der Waals surface area contributed by atoms with Crippen molar-refractivity contribution < 1.29 is 19.4 Å². The number of rotatable bonds is 7. The van der Waals surface area contributed by atoms with Gasteiger partial charge in [0.15, 0.2) is 0 Å². The monoisotopic (exact) mass is 251 g/mol. The molecule has 0 fully saturated rings. The maximum absolute atomic E-state index is 10.9. The Morgan fingerprint density at radius 3 is 2.44 bits per heavy atom. The van der Waals surface area contributed by atoms with Gasteiger partial charge in [-0.2, -0.15) is 0 Å². The molecule has 1 rings (SSSR count). The number of hydrogen-bond donors (Lipinski definition) is 2. The van der Waals surface area contributed by atoms with Gasteiger partial charge in [0, 0.05) is 6.42 Å². The Bertz CT molecular complexity index is 400. The number of hydrogen-bond acceptors (Lipinski definition) is 3. The van der Waals surface area contributed by atoms with Crippen molar-refractivity contribution in [1.82, 2.24) is 5.32 Å². The Morgan fingerprint density at radius 1 is 1.39 bits per heavy atom. The van der Waals surface area contributed by atoms with Crippen LogP contribution in [0, 0.1) is 0 Å². The Morgan fingerprint density at radius 2 is 2.00 bits per heavy atom. The van der Waals surface area contributed by atoms with E-state index in [4.69, 9.17) is 9.84 Å². The van der Waals surface area contributed by atoms with E-state index in [0.717, 1.165) is 11.3 Å². The lowest BCUT2D eigenvalue weighted by Gasteiger charge is -2.13. The quantitative estimate of drug-likeness (QED) is 0.714. The standard InChI is InChI=1S/C13H17NO4/c1-9(2)18-11-5-3-10(4-6-11)7-12(13(16)17)14-8-15/h3-6,8-9,12H,7H2,1-2H3,(H,14,15)(H,16,17). The van der Waals surface area contributed by atoms with Crippen LogP contribution in [0.5, 0.6) is 5.75 Å². The van der Waals surface area contributed by atoms with Crippen molar-refractivity contribution in [2.45, 2.75) is 32.4 Å². The van der Waals surface area contributed by atoms with Crippen molar-refractivity contribution in [3.63, 3.8) is 0 Å². The first-order valence-electron chi connectivity index (χ1n) is 5.71. The normalized spacial score (nSPS) is 11.9. The molecule has 0 saturated carbocycles. The molecule has 2 N–H and O–H groups in total. The minimum atomic E-state index is -1.05. The summed E-state index contributed by atoms with van der Waals surface area (Å²) in [5, 5.41) is 11.2. The molecule has 1 aromatic carbocycles. The van der Waals surface area contributed by atoms with E-state index in [0.29, 0.717) is 6.41 Å². The first-order valence-corrected chi connectivity index (χ1v) is 5.71. The number of carboxylic acids is 1. The zero-order valence-electron chi connectivity index (χ0n) is 10.4. The number of aliphatic carboxylic acids is 1. The third-order valence-corrected chi connectivity index (χ3v) is 2.30. The highest BCUT2D eigenvalue weighted by atomic mass is 16.5. The fraction of sp³-hybridized carbons (Fsp3) is 0.385. The van der Waals surface area contributed by atoms with Crippen LogP contribution in [0.1, 0.15) is 19.4 Å². The number of carboxylic acid groups (broad SMARTS) is 1. The molecule has 0 aromatic heterocycles. The third kappa shape index (κ3) is 4.45. The first kappa shape index (κ1) is 14.0. The number of amides is 1. The second kappa shape index (κ2) is 6.64. The summed E-state index contributed by atoms with van der Waals surface area (Å²) in [5.74, 6) is -0.312. The molecule has 1 amide bonds. The highest BCUT2D eigenvalue weighted by Crippen LogP contribution is 2.14. The number of ether oxygens (including phenoxy) is 1. The highest BCUT2D eigenvalue weighted by Gasteiger charge is 2.16. The van der Waals surface area contributed by atoms with E-state index in [9.17, 15) is 9.59 Å². The molecule has 0 heterocycles. The van der Waals surface area contributed by atoms with Crippen LogP contribution in [-0.2, 0) is 16.0 Å². The molecule has 0 radical (unpaired) electrons. The van der Waals surface area contributed by atoms with Gasteiger partial charge >= 0.3 is 5.97 Å². The Balaban J connectivity index is 2.66. The van der Waals surface area contributed by atoms with Gasteiger partial charge in [0.25, 0.3) is 0 Å². The topological polar surface area (TPSA) is 75.6 Å². The lowest BCUT2D eigenvalue weighted by Crippen LogP contribution is -2.37. The van der Waals surface area contributed by atoms with Crippen molar-refractivity contribution in [2.75, 3.05) is 0 Å². The third-order valence-electron chi connectivity index (χ3n) is 2.30. The number of carbonyl (C=O) groups is 2. The Kier molecular flexibility index (Phi) is 5.17. The molecule has 0 bridgehead atoms. The predicted octanol–water partition coefficient (Wildman–Crippen LogP) is 1.22. The molecule has 0 saturated heterocycles. The van der Waals surface area contributed by atoms with Gasteiger partial charge in [0.05, 0.1) is 6.10 Å². The van der Waals surface area contributed by atoms with Crippen molar-refractivity contribution in [3.8, 4) is 5.75 Å². The van der Waals surface area contributed by atoms with Gasteiger partial charge < -0.3 is 15.2 Å². The van der Waals surface area contributed by atoms with Crippen molar-refractivity contribution in [1.29, 1.82) is 0 Å². The lowest BCUT2D eigenvalue weighted by atomic mass is 10.1. The second-order valence-corrected chi connectivity index (χ2v) is 4.19.